The molecule has 3 atom stereocenters. The number of nitrogens with zero attached hydrogens (tertiary/aromatic N) is 1. The van der Waals surface area contributed by atoms with Gasteiger partial charge in [-0.1, -0.05) is 37.5 Å². The molecule has 0 bridgehead atoms. The number of nitrogens with one attached hydrogen (secondary N) is 2. The number of hydrogen-bond donors (Lipinski definition) is 2. The maximum Gasteiger partial charge on any atom is 0.327 e. The normalized spacial score (nSPS) is 24.2. The maximum atomic E-state index is 13.0. The third kappa shape index (κ3) is 4.43. The number of carbonyl (C=O) groups excluding carboxylic acids is 4. The van der Waals surface area contributed by atoms with Crippen LogP contribution in [0.1, 0.15) is 56.2 Å². The van der Waals surface area contributed by atoms with Gasteiger partial charge in [0, 0.05) is 5.69 Å². The summed E-state index contributed by atoms with van der Waals surface area (Å²) < 4.78 is 5.22. The Morgan fingerprint density at radius 3 is 2.48 bits per heavy atom. The highest BCUT2D eigenvalue weighted by Crippen LogP contribution is 2.38. The largest absolute Gasteiger partial charge is 0.451 e. The smallest absolute Gasteiger partial charge is 0.327 e. The molecule has 1 saturated heterocycles. The first-order chi connectivity index (χ1) is 14.5. The number of carbonyl (C=O) groups is 4. The Morgan fingerprint density at radius 2 is 1.87 bits per heavy atom. The molecule has 31 heavy (non-hydrogen) atoms. The van der Waals surface area contributed by atoms with Crippen molar-refractivity contribution in [2.24, 2.45) is 5.92 Å². The molecule has 1 aromatic rings. The molecule has 2 aliphatic rings. The zero-order valence-corrected chi connectivity index (χ0v) is 18.8. The van der Waals surface area contributed by atoms with Gasteiger partial charge in [0.05, 0.1) is 0 Å². The predicted octanol–water partition coefficient (Wildman–Crippen LogP) is 2.98. The number of imide groups is 1. The molecule has 1 aliphatic heterocycles. The average Bonchev–Trinajstić information content (AvgIpc) is 2.91. The number of benzene rings is 1. The Hall–Kier alpha value is -2.90. The fourth-order valence-corrected chi connectivity index (χ4v) is 4.66. The first kappa shape index (κ1) is 22.8. The van der Waals surface area contributed by atoms with Gasteiger partial charge in [-0.3, -0.25) is 19.3 Å². The van der Waals surface area contributed by atoms with E-state index in [2.05, 4.69) is 10.6 Å². The van der Waals surface area contributed by atoms with E-state index in [1.54, 1.807) is 0 Å². The first-order valence-corrected chi connectivity index (χ1v) is 10.8. The lowest BCUT2D eigenvalue weighted by Crippen LogP contribution is -2.54. The van der Waals surface area contributed by atoms with Crippen molar-refractivity contribution < 1.29 is 23.9 Å². The fourth-order valence-electron chi connectivity index (χ4n) is 4.66. The monoisotopic (exact) mass is 429 g/mol. The molecule has 168 valence electrons. The molecule has 8 nitrogen and oxygen atoms in total. The second-order valence-electron chi connectivity index (χ2n) is 8.83. The number of esters is 1. The molecule has 1 spiro atoms. The molecule has 1 aromatic carbocycles. The van der Waals surface area contributed by atoms with Crippen LogP contribution in [0, 0.1) is 26.7 Å². The zero-order chi connectivity index (χ0) is 22.9. The molecular formula is C23H31N3O5. The summed E-state index contributed by atoms with van der Waals surface area (Å²) in [6, 6.07) is 3.33. The Bertz CT molecular complexity index is 905. The maximum absolute atomic E-state index is 13.0. The van der Waals surface area contributed by atoms with E-state index in [9.17, 15) is 19.2 Å². The number of ether oxygens (including phenoxy) is 1. The van der Waals surface area contributed by atoms with E-state index in [0.29, 0.717) is 12.1 Å². The fraction of sp³-hybridized carbons (Fsp3) is 0.565. The van der Waals surface area contributed by atoms with Crippen molar-refractivity contribution in [2.75, 3.05) is 11.9 Å². The Labute approximate surface area is 182 Å². The lowest BCUT2D eigenvalue weighted by Gasteiger charge is -2.36. The topological polar surface area (TPSA) is 105 Å². The van der Waals surface area contributed by atoms with Crippen LogP contribution in [0.4, 0.5) is 10.5 Å². The number of rotatable bonds is 5. The lowest BCUT2D eigenvalue weighted by atomic mass is 9.73. The highest BCUT2D eigenvalue weighted by molar-refractivity contribution is 6.09. The van der Waals surface area contributed by atoms with E-state index in [4.69, 9.17) is 4.74 Å². The molecule has 0 unspecified atom stereocenters. The molecule has 2 fully saturated rings. The van der Waals surface area contributed by atoms with Gasteiger partial charge in [0.25, 0.3) is 11.8 Å². The van der Waals surface area contributed by atoms with Gasteiger partial charge in [0.15, 0.2) is 6.10 Å². The summed E-state index contributed by atoms with van der Waals surface area (Å²) in [5.74, 6) is -1.66. The predicted molar refractivity (Wildman–Crippen MR) is 115 cm³/mol. The van der Waals surface area contributed by atoms with Crippen molar-refractivity contribution in [2.45, 2.75) is 71.9 Å². The van der Waals surface area contributed by atoms with E-state index >= 15 is 0 Å². The van der Waals surface area contributed by atoms with Crippen LogP contribution in [0.2, 0.25) is 0 Å². The molecular weight excluding hydrogens is 398 g/mol. The van der Waals surface area contributed by atoms with Crippen LogP contribution < -0.4 is 10.6 Å². The van der Waals surface area contributed by atoms with Gasteiger partial charge in [0.1, 0.15) is 12.1 Å². The Balaban J connectivity index is 1.61. The van der Waals surface area contributed by atoms with Crippen molar-refractivity contribution in [3.63, 3.8) is 0 Å². The first-order valence-electron chi connectivity index (χ1n) is 10.8. The second kappa shape index (κ2) is 8.69. The highest BCUT2D eigenvalue weighted by Gasteiger charge is 2.55. The lowest BCUT2D eigenvalue weighted by molar-refractivity contribution is -0.155. The van der Waals surface area contributed by atoms with E-state index in [1.807, 2.05) is 39.8 Å². The van der Waals surface area contributed by atoms with Crippen LogP contribution in [0.25, 0.3) is 0 Å². The van der Waals surface area contributed by atoms with Crippen LogP contribution in [0.15, 0.2) is 12.1 Å². The zero-order valence-electron chi connectivity index (χ0n) is 18.8. The van der Waals surface area contributed by atoms with Crippen molar-refractivity contribution in [1.82, 2.24) is 10.2 Å². The molecule has 0 radical (unpaired) electrons. The number of aryl methyl sites for hydroxylation is 3. The van der Waals surface area contributed by atoms with Crippen LogP contribution in [0.5, 0.6) is 0 Å². The van der Waals surface area contributed by atoms with Crippen molar-refractivity contribution in [3.05, 3.63) is 28.8 Å². The van der Waals surface area contributed by atoms with Gasteiger partial charge in [-0.15, -0.1) is 0 Å². The Morgan fingerprint density at radius 1 is 1.23 bits per heavy atom. The minimum Gasteiger partial charge on any atom is -0.451 e. The molecule has 1 heterocycles. The van der Waals surface area contributed by atoms with Crippen LogP contribution in [-0.4, -0.2) is 46.9 Å². The molecule has 8 heteroatoms. The average molecular weight is 430 g/mol. The molecule has 3 rings (SSSR count). The SMILES string of the molecule is Cc1cc(C)c(NC(=O)[C@@H](C)OC(=O)CN2C(=O)N[C@@]3(CCCC[C@@H]3C)C2=O)c(C)c1. The van der Waals surface area contributed by atoms with Gasteiger partial charge >= 0.3 is 12.0 Å². The Kier molecular flexibility index (Phi) is 6.38. The van der Waals surface area contributed by atoms with Crippen molar-refractivity contribution >= 4 is 29.5 Å². The van der Waals surface area contributed by atoms with E-state index in [0.717, 1.165) is 40.9 Å². The van der Waals surface area contributed by atoms with E-state index < -0.39 is 36.1 Å². The summed E-state index contributed by atoms with van der Waals surface area (Å²) in [5.41, 5.74) is 2.66. The summed E-state index contributed by atoms with van der Waals surface area (Å²) in [7, 11) is 0. The van der Waals surface area contributed by atoms with E-state index in [1.165, 1.54) is 6.92 Å². The highest BCUT2D eigenvalue weighted by atomic mass is 16.5. The third-order valence-electron chi connectivity index (χ3n) is 6.39. The molecule has 1 aliphatic carbocycles. The molecule has 4 amide bonds. The molecule has 1 saturated carbocycles. The van der Waals surface area contributed by atoms with Gasteiger partial charge < -0.3 is 15.4 Å². The van der Waals surface area contributed by atoms with Crippen LogP contribution >= 0.6 is 0 Å². The molecule has 2 N–H and O–H groups in total. The summed E-state index contributed by atoms with van der Waals surface area (Å²) in [5, 5.41) is 5.60. The van der Waals surface area contributed by atoms with Gasteiger partial charge in [-0.25, -0.2) is 4.79 Å². The standard InChI is InChI=1S/C23H31N3O5/c1-13-10-14(2)19(15(3)11-13)24-20(28)17(5)31-18(27)12-26-21(29)23(25-22(26)30)9-7-6-8-16(23)4/h10-11,16-17H,6-9,12H2,1-5H3,(H,24,28)(H,25,30)/t16-,17+,23+/m0/s1. The minimum absolute atomic E-state index is 0.00408. The minimum atomic E-state index is -1.07. The number of amides is 4. The summed E-state index contributed by atoms with van der Waals surface area (Å²) in [6.45, 7) is 8.66. The van der Waals surface area contributed by atoms with Gasteiger partial charge in [-0.2, -0.15) is 0 Å². The van der Waals surface area contributed by atoms with Crippen LogP contribution in [0.3, 0.4) is 0 Å². The summed E-state index contributed by atoms with van der Waals surface area (Å²) in [6.07, 6.45) is 2.21. The van der Waals surface area contributed by atoms with Crippen molar-refractivity contribution in [3.8, 4) is 0 Å². The molecule has 0 aromatic heterocycles. The quantitative estimate of drug-likeness (QED) is 0.553. The van der Waals surface area contributed by atoms with E-state index in [-0.39, 0.29) is 11.8 Å². The number of urea groups is 1. The summed E-state index contributed by atoms with van der Waals surface area (Å²) in [4.78, 5) is 51.2. The van der Waals surface area contributed by atoms with Gasteiger partial charge in [0.2, 0.25) is 0 Å². The number of anilines is 1. The third-order valence-corrected chi connectivity index (χ3v) is 6.39. The van der Waals surface area contributed by atoms with Crippen LogP contribution in [-0.2, 0) is 19.1 Å². The van der Waals surface area contributed by atoms with Crippen molar-refractivity contribution in [1.29, 1.82) is 0 Å². The van der Waals surface area contributed by atoms with Gasteiger partial charge in [-0.05, 0) is 57.6 Å². The number of hydrogen-bond acceptors (Lipinski definition) is 5. The second-order valence-corrected chi connectivity index (χ2v) is 8.83. The summed E-state index contributed by atoms with van der Waals surface area (Å²) >= 11 is 0.